The molecule has 5 nitrogen and oxygen atoms in total. The molecule has 2 aromatic carbocycles. The summed E-state index contributed by atoms with van der Waals surface area (Å²) >= 11 is 12.0. The molecular weight excluding hydrogens is 387 g/mol. The first kappa shape index (κ1) is 20.6. The highest BCUT2D eigenvalue weighted by Crippen LogP contribution is 2.29. The quantitative estimate of drug-likeness (QED) is 0.499. The maximum Gasteiger partial charge on any atom is 0.266 e. The minimum Gasteiger partial charge on any atom is -0.493 e. The first-order valence-corrected chi connectivity index (χ1v) is 8.93. The Morgan fingerprint density at radius 3 is 2.67 bits per heavy atom. The molecule has 1 amide bonds. The van der Waals surface area contributed by atoms with E-state index >= 15 is 0 Å². The lowest BCUT2D eigenvalue weighted by Gasteiger charge is -2.11. The second-order valence-electron chi connectivity index (χ2n) is 5.51. The maximum atomic E-state index is 12.4. The van der Waals surface area contributed by atoms with Crippen molar-refractivity contribution < 1.29 is 14.3 Å². The summed E-state index contributed by atoms with van der Waals surface area (Å²) in [5.41, 5.74) is 0.867. The van der Waals surface area contributed by atoms with Crippen LogP contribution in [0.4, 0.5) is 5.69 Å². The van der Waals surface area contributed by atoms with E-state index in [2.05, 4.69) is 5.32 Å². The molecule has 0 aromatic heterocycles. The van der Waals surface area contributed by atoms with Crippen LogP contribution in [-0.4, -0.2) is 19.6 Å². The zero-order chi connectivity index (χ0) is 19.8. The van der Waals surface area contributed by atoms with Crippen LogP contribution in [0.15, 0.2) is 42.0 Å². The zero-order valence-electron chi connectivity index (χ0n) is 14.9. The van der Waals surface area contributed by atoms with Crippen LogP contribution in [0.1, 0.15) is 18.9 Å². The number of methoxy groups -OCH3 is 1. The standard InChI is InChI=1S/C20H18Cl2N2O3/c1-3-8-27-18-7-4-13(10-19(18)26-2)9-14(12-23)20(25)24-17-11-15(21)5-6-16(17)22/h4-7,9-11H,3,8H2,1-2H3,(H,24,25)/b14-9+. The Labute approximate surface area is 168 Å². The van der Waals surface area contributed by atoms with Gasteiger partial charge in [-0.25, -0.2) is 0 Å². The van der Waals surface area contributed by atoms with Gasteiger partial charge in [-0.15, -0.1) is 0 Å². The second-order valence-corrected chi connectivity index (χ2v) is 6.35. The molecule has 0 saturated carbocycles. The fourth-order valence-corrected chi connectivity index (χ4v) is 2.54. The Morgan fingerprint density at radius 1 is 1.22 bits per heavy atom. The third-order valence-electron chi connectivity index (χ3n) is 3.50. The van der Waals surface area contributed by atoms with Crippen LogP contribution < -0.4 is 14.8 Å². The molecule has 0 atom stereocenters. The number of nitriles is 1. The van der Waals surface area contributed by atoms with Gasteiger partial charge in [-0.3, -0.25) is 4.79 Å². The van der Waals surface area contributed by atoms with Crippen LogP contribution >= 0.6 is 23.2 Å². The van der Waals surface area contributed by atoms with Gasteiger partial charge < -0.3 is 14.8 Å². The molecule has 0 aliphatic carbocycles. The normalized spacial score (nSPS) is 10.9. The van der Waals surface area contributed by atoms with Crippen LogP contribution in [-0.2, 0) is 4.79 Å². The van der Waals surface area contributed by atoms with E-state index in [1.807, 2.05) is 13.0 Å². The van der Waals surface area contributed by atoms with Gasteiger partial charge in [0.2, 0.25) is 0 Å². The summed E-state index contributed by atoms with van der Waals surface area (Å²) < 4.78 is 10.9. The van der Waals surface area contributed by atoms with Crippen molar-refractivity contribution in [3.8, 4) is 17.6 Å². The van der Waals surface area contributed by atoms with Gasteiger partial charge in [0.15, 0.2) is 11.5 Å². The first-order valence-electron chi connectivity index (χ1n) is 8.17. The third-order valence-corrected chi connectivity index (χ3v) is 4.07. The van der Waals surface area contributed by atoms with E-state index in [4.69, 9.17) is 32.7 Å². The smallest absolute Gasteiger partial charge is 0.266 e. The summed E-state index contributed by atoms with van der Waals surface area (Å²) in [4.78, 5) is 12.4. The van der Waals surface area contributed by atoms with Crippen molar-refractivity contribution in [2.24, 2.45) is 0 Å². The lowest BCUT2D eigenvalue weighted by molar-refractivity contribution is -0.112. The van der Waals surface area contributed by atoms with E-state index in [0.717, 1.165) is 6.42 Å². The number of carbonyl (C=O) groups excluding carboxylic acids is 1. The zero-order valence-corrected chi connectivity index (χ0v) is 16.4. The van der Waals surface area contributed by atoms with Crippen molar-refractivity contribution in [3.63, 3.8) is 0 Å². The van der Waals surface area contributed by atoms with Crippen molar-refractivity contribution in [1.82, 2.24) is 0 Å². The van der Waals surface area contributed by atoms with Gasteiger partial charge in [-0.05, 0) is 48.4 Å². The number of hydrogen-bond donors (Lipinski definition) is 1. The topological polar surface area (TPSA) is 71.3 Å². The number of halogens is 2. The Morgan fingerprint density at radius 2 is 2.00 bits per heavy atom. The summed E-state index contributed by atoms with van der Waals surface area (Å²) in [6, 6.07) is 11.8. The summed E-state index contributed by atoms with van der Waals surface area (Å²) in [6.45, 7) is 2.57. The molecule has 27 heavy (non-hydrogen) atoms. The Balaban J connectivity index is 2.25. The first-order chi connectivity index (χ1) is 13.0. The van der Waals surface area contributed by atoms with E-state index in [1.165, 1.54) is 19.3 Å². The largest absolute Gasteiger partial charge is 0.493 e. The van der Waals surface area contributed by atoms with Crippen LogP contribution in [0.3, 0.4) is 0 Å². The molecule has 0 radical (unpaired) electrons. The molecule has 0 spiro atoms. The van der Waals surface area contributed by atoms with Gasteiger partial charge in [0.1, 0.15) is 11.6 Å². The molecule has 0 saturated heterocycles. The van der Waals surface area contributed by atoms with Crippen molar-refractivity contribution in [2.45, 2.75) is 13.3 Å². The van der Waals surface area contributed by atoms with E-state index in [0.29, 0.717) is 39.4 Å². The number of amides is 1. The van der Waals surface area contributed by atoms with Crippen LogP contribution in [0.2, 0.25) is 10.0 Å². The molecule has 0 bridgehead atoms. The molecule has 0 aliphatic heterocycles. The number of anilines is 1. The van der Waals surface area contributed by atoms with Gasteiger partial charge in [0, 0.05) is 5.02 Å². The summed E-state index contributed by atoms with van der Waals surface area (Å²) in [5, 5.41) is 12.7. The number of ether oxygens (including phenoxy) is 2. The predicted molar refractivity (Wildman–Crippen MR) is 107 cm³/mol. The molecule has 0 fully saturated rings. The van der Waals surface area contributed by atoms with Crippen molar-refractivity contribution in [1.29, 1.82) is 5.26 Å². The van der Waals surface area contributed by atoms with Crippen molar-refractivity contribution in [2.75, 3.05) is 19.0 Å². The SMILES string of the molecule is CCCOc1ccc(/C=C(\C#N)C(=O)Nc2cc(Cl)ccc2Cl)cc1OC. The minimum atomic E-state index is -0.591. The molecule has 0 unspecified atom stereocenters. The van der Waals surface area contributed by atoms with Gasteiger partial charge in [0.25, 0.3) is 5.91 Å². The summed E-state index contributed by atoms with van der Waals surface area (Å²) in [5.74, 6) is 0.532. The average molecular weight is 405 g/mol. The van der Waals surface area contributed by atoms with Crippen molar-refractivity contribution >= 4 is 40.9 Å². The number of rotatable bonds is 7. The number of nitrogens with zero attached hydrogens (tertiary/aromatic N) is 1. The Bertz CT molecular complexity index is 905. The highest BCUT2D eigenvalue weighted by atomic mass is 35.5. The number of benzene rings is 2. The van der Waals surface area contributed by atoms with Gasteiger partial charge in [0.05, 0.1) is 24.4 Å². The highest BCUT2D eigenvalue weighted by Gasteiger charge is 2.13. The molecule has 0 aliphatic rings. The van der Waals surface area contributed by atoms with Gasteiger partial charge >= 0.3 is 0 Å². The Kier molecular flexibility index (Phi) is 7.54. The summed E-state index contributed by atoms with van der Waals surface area (Å²) in [6.07, 6.45) is 2.33. The fraction of sp³-hybridized carbons (Fsp3) is 0.200. The molecular formula is C20H18Cl2N2O3. The van der Waals surface area contributed by atoms with E-state index < -0.39 is 5.91 Å². The molecule has 2 rings (SSSR count). The number of carbonyl (C=O) groups is 1. The van der Waals surface area contributed by atoms with E-state index in [1.54, 1.807) is 30.3 Å². The van der Waals surface area contributed by atoms with Crippen molar-refractivity contribution in [3.05, 3.63) is 57.6 Å². The van der Waals surface area contributed by atoms with E-state index in [-0.39, 0.29) is 5.57 Å². The Hall–Kier alpha value is -2.68. The summed E-state index contributed by atoms with van der Waals surface area (Å²) in [7, 11) is 1.53. The third kappa shape index (κ3) is 5.65. The monoisotopic (exact) mass is 404 g/mol. The molecule has 0 heterocycles. The molecule has 140 valence electrons. The van der Waals surface area contributed by atoms with Gasteiger partial charge in [-0.1, -0.05) is 36.2 Å². The minimum absolute atomic E-state index is 0.0877. The van der Waals surface area contributed by atoms with Crippen LogP contribution in [0.25, 0.3) is 6.08 Å². The molecule has 7 heteroatoms. The van der Waals surface area contributed by atoms with Crippen LogP contribution in [0, 0.1) is 11.3 Å². The maximum absolute atomic E-state index is 12.4. The number of nitrogens with one attached hydrogen (secondary N) is 1. The number of hydrogen-bond acceptors (Lipinski definition) is 4. The molecule has 1 N–H and O–H groups in total. The lowest BCUT2D eigenvalue weighted by atomic mass is 10.1. The van der Waals surface area contributed by atoms with E-state index in [9.17, 15) is 10.1 Å². The highest BCUT2D eigenvalue weighted by molar-refractivity contribution is 6.36. The average Bonchev–Trinajstić information content (AvgIpc) is 2.67. The van der Waals surface area contributed by atoms with Gasteiger partial charge in [-0.2, -0.15) is 5.26 Å². The van der Waals surface area contributed by atoms with Crippen LogP contribution in [0.5, 0.6) is 11.5 Å². The molecule has 2 aromatic rings. The predicted octanol–water partition coefficient (Wildman–Crippen LogP) is 5.34. The second kappa shape index (κ2) is 9.86. The lowest BCUT2D eigenvalue weighted by Crippen LogP contribution is -2.13. The fourth-order valence-electron chi connectivity index (χ4n) is 2.20.